The first-order valence-corrected chi connectivity index (χ1v) is 11.4. The van der Waals surface area contributed by atoms with Gasteiger partial charge in [-0.05, 0) is 47.7 Å². The molecule has 0 unspecified atom stereocenters. The van der Waals surface area contributed by atoms with Crippen molar-refractivity contribution in [1.29, 1.82) is 0 Å². The lowest BCUT2D eigenvalue weighted by molar-refractivity contribution is 0.145. The average molecular weight is 437 g/mol. The Morgan fingerprint density at radius 3 is 1.91 bits per heavy atom. The van der Waals surface area contributed by atoms with E-state index in [4.69, 9.17) is 14.2 Å². The summed E-state index contributed by atoms with van der Waals surface area (Å²) in [5.41, 5.74) is 3.77. The molecule has 0 aromatic heterocycles. The molecule has 1 heterocycles. The van der Waals surface area contributed by atoms with E-state index < -0.39 is 5.60 Å². The minimum atomic E-state index is -0.744. The van der Waals surface area contributed by atoms with E-state index in [1.165, 1.54) is 11.0 Å². The van der Waals surface area contributed by atoms with E-state index in [0.29, 0.717) is 0 Å². The standard InChI is InChI=1S/C30H28O3/c1-4-7-25-20-22-11-10-21-8-5-6-9-28(21)29(22)33-30(25,23-12-16-26(31-2)17-13-23)24-14-18-27(32-3)19-15-24/h5-6,8-20H,4,7H2,1-3H3. The molecule has 3 heteroatoms. The third kappa shape index (κ3) is 3.54. The molecule has 4 aromatic rings. The van der Waals surface area contributed by atoms with Gasteiger partial charge in [0.25, 0.3) is 0 Å². The molecule has 0 aliphatic carbocycles. The molecule has 1 aliphatic rings. The summed E-state index contributed by atoms with van der Waals surface area (Å²) in [6.07, 6.45) is 4.26. The Bertz CT molecular complexity index is 1250. The van der Waals surface area contributed by atoms with Crippen molar-refractivity contribution < 1.29 is 14.2 Å². The monoisotopic (exact) mass is 436 g/mol. The minimum absolute atomic E-state index is 0.744. The van der Waals surface area contributed by atoms with Crippen LogP contribution in [0.2, 0.25) is 0 Å². The van der Waals surface area contributed by atoms with Gasteiger partial charge in [-0.3, -0.25) is 0 Å². The van der Waals surface area contributed by atoms with Crippen LogP contribution in [0.5, 0.6) is 17.2 Å². The van der Waals surface area contributed by atoms with Gasteiger partial charge >= 0.3 is 0 Å². The van der Waals surface area contributed by atoms with Gasteiger partial charge in [-0.2, -0.15) is 0 Å². The topological polar surface area (TPSA) is 27.7 Å². The van der Waals surface area contributed by atoms with Crippen LogP contribution in [0.3, 0.4) is 0 Å². The first-order valence-electron chi connectivity index (χ1n) is 11.4. The summed E-state index contributed by atoms with van der Waals surface area (Å²) < 4.78 is 18.1. The number of benzene rings is 4. The molecule has 33 heavy (non-hydrogen) atoms. The fourth-order valence-corrected chi connectivity index (χ4v) is 4.82. The number of fused-ring (bicyclic) bond motifs is 3. The van der Waals surface area contributed by atoms with Crippen molar-refractivity contribution in [2.24, 2.45) is 0 Å². The Balaban J connectivity index is 1.80. The van der Waals surface area contributed by atoms with Gasteiger partial charge in [0.15, 0.2) is 5.60 Å². The smallest absolute Gasteiger partial charge is 0.181 e. The van der Waals surface area contributed by atoms with Gasteiger partial charge in [0.1, 0.15) is 17.2 Å². The van der Waals surface area contributed by atoms with Gasteiger partial charge in [0.2, 0.25) is 0 Å². The van der Waals surface area contributed by atoms with E-state index in [9.17, 15) is 0 Å². The van der Waals surface area contributed by atoms with E-state index in [-0.39, 0.29) is 0 Å². The second-order valence-electron chi connectivity index (χ2n) is 8.36. The van der Waals surface area contributed by atoms with Crippen LogP contribution >= 0.6 is 0 Å². The third-order valence-electron chi connectivity index (χ3n) is 6.46. The molecule has 0 saturated carbocycles. The Morgan fingerprint density at radius 1 is 0.727 bits per heavy atom. The summed E-state index contributed by atoms with van der Waals surface area (Å²) in [4.78, 5) is 0. The Labute approximate surface area is 195 Å². The molecule has 0 atom stereocenters. The summed E-state index contributed by atoms with van der Waals surface area (Å²) in [5.74, 6) is 2.57. The van der Waals surface area contributed by atoms with E-state index >= 15 is 0 Å². The Hall–Kier alpha value is -3.72. The summed E-state index contributed by atoms with van der Waals surface area (Å²) in [6, 6.07) is 29.2. The van der Waals surface area contributed by atoms with Gasteiger partial charge in [-0.1, -0.05) is 74.0 Å². The van der Waals surface area contributed by atoms with Gasteiger partial charge < -0.3 is 14.2 Å². The quantitative estimate of drug-likeness (QED) is 0.316. The molecule has 0 N–H and O–H groups in total. The molecule has 0 fully saturated rings. The van der Waals surface area contributed by atoms with Crippen LogP contribution in [-0.4, -0.2) is 14.2 Å². The SMILES string of the molecule is CCCC1=Cc2ccc3ccccc3c2OC1(c1ccc(OC)cc1)c1ccc(OC)cc1. The summed E-state index contributed by atoms with van der Waals surface area (Å²) in [5, 5.41) is 2.29. The predicted molar refractivity (Wildman–Crippen MR) is 134 cm³/mol. The molecule has 166 valence electrons. The molecular formula is C30H28O3. The zero-order valence-electron chi connectivity index (χ0n) is 19.3. The van der Waals surface area contributed by atoms with Gasteiger partial charge in [0, 0.05) is 22.1 Å². The van der Waals surface area contributed by atoms with Crippen molar-refractivity contribution in [3.63, 3.8) is 0 Å². The lowest BCUT2D eigenvalue weighted by Gasteiger charge is -2.41. The number of rotatable bonds is 6. The second-order valence-corrected chi connectivity index (χ2v) is 8.36. The second kappa shape index (κ2) is 8.67. The molecule has 0 saturated heterocycles. The van der Waals surface area contributed by atoms with E-state index in [2.05, 4.69) is 73.7 Å². The van der Waals surface area contributed by atoms with Crippen molar-refractivity contribution in [3.05, 3.63) is 107 Å². The van der Waals surface area contributed by atoms with Crippen LogP contribution in [0.25, 0.3) is 16.8 Å². The fraction of sp³-hybridized carbons (Fsp3) is 0.200. The van der Waals surface area contributed by atoms with E-state index in [1.54, 1.807) is 14.2 Å². The molecular weight excluding hydrogens is 408 g/mol. The largest absolute Gasteiger partial charge is 0.497 e. The molecule has 3 nitrogen and oxygen atoms in total. The molecule has 4 aromatic carbocycles. The van der Waals surface area contributed by atoms with Gasteiger partial charge in [0.05, 0.1) is 14.2 Å². The van der Waals surface area contributed by atoms with Crippen molar-refractivity contribution in [1.82, 2.24) is 0 Å². The molecule has 5 rings (SSSR count). The van der Waals surface area contributed by atoms with Crippen molar-refractivity contribution in [3.8, 4) is 17.2 Å². The van der Waals surface area contributed by atoms with Crippen molar-refractivity contribution in [2.75, 3.05) is 14.2 Å². The zero-order valence-corrected chi connectivity index (χ0v) is 19.3. The van der Waals surface area contributed by atoms with Gasteiger partial charge in [-0.25, -0.2) is 0 Å². The van der Waals surface area contributed by atoms with Crippen molar-refractivity contribution in [2.45, 2.75) is 25.4 Å². The first kappa shape index (κ1) is 21.1. The molecule has 0 bridgehead atoms. The lowest BCUT2D eigenvalue weighted by Crippen LogP contribution is -2.39. The Morgan fingerprint density at radius 2 is 1.33 bits per heavy atom. The molecule has 0 amide bonds. The van der Waals surface area contributed by atoms with Crippen LogP contribution in [0, 0.1) is 0 Å². The maximum atomic E-state index is 7.17. The van der Waals surface area contributed by atoms with E-state index in [1.807, 2.05) is 24.3 Å². The predicted octanol–water partition coefficient (Wildman–Crippen LogP) is 7.38. The highest BCUT2D eigenvalue weighted by Crippen LogP contribution is 2.50. The number of methoxy groups -OCH3 is 2. The first-order chi connectivity index (χ1) is 16.2. The van der Waals surface area contributed by atoms with Crippen LogP contribution in [0.1, 0.15) is 36.5 Å². The zero-order chi connectivity index (χ0) is 22.8. The van der Waals surface area contributed by atoms with E-state index in [0.717, 1.165) is 52.2 Å². The summed E-state index contributed by atoms with van der Waals surface area (Å²) >= 11 is 0. The maximum Gasteiger partial charge on any atom is 0.181 e. The minimum Gasteiger partial charge on any atom is -0.497 e. The normalized spacial score (nSPS) is 14.2. The molecule has 0 spiro atoms. The van der Waals surface area contributed by atoms with Crippen LogP contribution < -0.4 is 14.2 Å². The maximum absolute atomic E-state index is 7.17. The lowest BCUT2D eigenvalue weighted by atomic mass is 9.75. The van der Waals surface area contributed by atoms with Crippen molar-refractivity contribution >= 4 is 16.8 Å². The van der Waals surface area contributed by atoms with Crippen LogP contribution in [0.15, 0.2) is 90.5 Å². The number of ether oxygens (including phenoxy) is 3. The molecule has 1 aliphatic heterocycles. The summed E-state index contributed by atoms with van der Waals surface area (Å²) in [6.45, 7) is 2.21. The highest BCUT2D eigenvalue weighted by atomic mass is 16.5. The van der Waals surface area contributed by atoms with Crippen LogP contribution in [-0.2, 0) is 5.60 Å². The fourth-order valence-electron chi connectivity index (χ4n) is 4.82. The highest BCUT2D eigenvalue weighted by Gasteiger charge is 2.43. The highest BCUT2D eigenvalue weighted by molar-refractivity contribution is 5.93. The van der Waals surface area contributed by atoms with Gasteiger partial charge in [-0.15, -0.1) is 0 Å². The van der Waals surface area contributed by atoms with Crippen LogP contribution in [0.4, 0.5) is 0 Å². The molecule has 0 radical (unpaired) electrons. The number of hydrogen-bond donors (Lipinski definition) is 0. The summed E-state index contributed by atoms with van der Waals surface area (Å²) in [7, 11) is 3.38. The average Bonchev–Trinajstić information content (AvgIpc) is 2.88. The third-order valence-corrected chi connectivity index (χ3v) is 6.46. The Kier molecular flexibility index (Phi) is 5.55. The number of hydrogen-bond acceptors (Lipinski definition) is 3.